The van der Waals surface area contributed by atoms with Gasteiger partial charge < -0.3 is 5.73 Å². The predicted octanol–water partition coefficient (Wildman–Crippen LogP) is 1.32. The second kappa shape index (κ2) is 5.13. The van der Waals surface area contributed by atoms with Gasteiger partial charge in [0.15, 0.2) is 0 Å². The zero-order chi connectivity index (χ0) is 17.9. The van der Waals surface area contributed by atoms with Gasteiger partial charge in [0.1, 0.15) is 16.6 Å². The predicted molar refractivity (Wildman–Crippen MR) is 85.2 cm³/mol. The van der Waals surface area contributed by atoms with Crippen LogP contribution in [0.1, 0.15) is 25.3 Å². The summed E-state index contributed by atoms with van der Waals surface area (Å²) >= 11 is 0. The SMILES string of the molecule is CC1CC2C(c3cc([N+](=O)[O-])ccc3F)(C1)N=C(N)N(C)S2(=O)=O. The number of rotatable bonds is 2. The van der Waals surface area contributed by atoms with Gasteiger partial charge in [-0.1, -0.05) is 6.92 Å². The number of nitro benzene ring substituents is 1. The Balaban J connectivity index is 2.31. The molecule has 2 N–H and O–H groups in total. The first-order chi connectivity index (χ1) is 11.1. The van der Waals surface area contributed by atoms with Crippen LogP contribution in [0.25, 0.3) is 0 Å². The molecule has 24 heavy (non-hydrogen) atoms. The summed E-state index contributed by atoms with van der Waals surface area (Å²) in [4.78, 5) is 14.7. The summed E-state index contributed by atoms with van der Waals surface area (Å²) in [5.41, 5.74) is 3.92. The van der Waals surface area contributed by atoms with Gasteiger partial charge in [0, 0.05) is 24.7 Å². The number of hydrogen-bond donors (Lipinski definition) is 1. The van der Waals surface area contributed by atoms with Gasteiger partial charge in [-0.05, 0) is 24.8 Å². The maximum Gasteiger partial charge on any atom is 0.270 e. The molecule has 10 heteroatoms. The zero-order valence-electron chi connectivity index (χ0n) is 13.1. The van der Waals surface area contributed by atoms with Gasteiger partial charge in [0.25, 0.3) is 5.69 Å². The van der Waals surface area contributed by atoms with Crippen LogP contribution in [0.5, 0.6) is 0 Å². The molecule has 3 unspecified atom stereocenters. The molecular weight excluding hydrogens is 339 g/mol. The lowest BCUT2D eigenvalue weighted by Crippen LogP contribution is -2.55. The van der Waals surface area contributed by atoms with Gasteiger partial charge in [-0.2, -0.15) is 0 Å². The van der Waals surface area contributed by atoms with Crippen LogP contribution in [0.15, 0.2) is 23.2 Å². The second-order valence-electron chi connectivity index (χ2n) is 6.36. The van der Waals surface area contributed by atoms with Crippen molar-refractivity contribution < 1.29 is 17.7 Å². The molecule has 0 saturated heterocycles. The normalized spacial score (nSPS) is 31.5. The van der Waals surface area contributed by atoms with Crippen LogP contribution in [0.3, 0.4) is 0 Å². The minimum atomic E-state index is -3.84. The van der Waals surface area contributed by atoms with E-state index in [0.29, 0.717) is 0 Å². The standard InChI is InChI=1S/C14H17FN4O4S/c1-8-5-12-14(7-8,17-13(16)18(2)24(12,22)23)10-6-9(19(20)21)3-4-11(10)15/h3-4,6,8,12H,5,7H2,1-2H3,(H2,16,17). The molecule has 2 aliphatic rings. The van der Waals surface area contributed by atoms with Crippen LogP contribution in [0, 0.1) is 21.8 Å². The third kappa shape index (κ3) is 2.16. The first-order valence-electron chi connectivity index (χ1n) is 7.37. The molecule has 1 fully saturated rings. The average Bonchev–Trinajstić information content (AvgIpc) is 2.84. The third-order valence-corrected chi connectivity index (χ3v) is 7.07. The van der Waals surface area contributed by atoms with Gasteiger partial charge >= 0.3 is 0 Å². The first-order valence-corrected chi connectivity index (χ1v) is 8.87. The van der Waals surface area contributed by atoms with Crippen molar-refractivity contribution in [1.82, 2.24) is 4.31 Å². The Morgan fingerprint density at radius 1 is 1.50 bits per heavy atom. The molecule has 0 amide bonds. The third-order valence-electron chi connectivity index (χ3n) is 4.81. The molecule has 0 radical (unpaired) electrons. The largest absolute Gasteiger partial charge is 0.369 e. The lowest BCUT2D eigenvalue weighted by atomic mass is 9.86. The Labute approximate surface area is 138 Å². The maximum atomic E-state index is 14.5. The molecule has 0 aromatic heterocycles. The van der Waals surface area contributed by atoms with E-state index in [0.717, 1.165) is 22.5 Å². The van der Waals surface area contributed by atoms with Crippen LogP contribution < -0.4 is 5.73 Å². The highest BCUT2D eigenvalue weighted by Crippen LogP contribution is 2.52. The number of nitro groups is 1. The molecule has 1 aliphatic carbocycles. The number of hydrogen-bond acceptors (Lipinski definition) is 6. The molecule has 0 spiro atoms. The number of halogens is 1. The quantitative estimate of drug-likeness (QED) is 0.633. The summed E-state index contributed by atoms with van der Waals surface area (Å²) < 4.78 is 40.9. The van der Waals surface area contributed by atoms with Gasteiger partial charge in [-0.25, -0.2) is 22.1 Å². The van der Waals surface area contributed by atoms with E-state index in [1.807, 2.05) is 6.92 Å². The van der Waals surface area contributed by atoms with Crippen LogP contribution in [0.2, 0.25) is 0 Å². The Morgan fingerprint density at radius 2 is 2.17 bits per heavy atom. The fraction of sp³-hybridized carbons (Fsp3) is 0.500. The van der Waals surface area contributed by atoms with Crippen molar-refractivity contribution in [2.45, 2.75) is 30.6 Å². The van der Waals surface area contributed by atoms with Gasteiger partial charge in [0.2, 0.25) is 16.0 Å². The summed E-state index contributed by atoms with van der Waals surface area (Å²) in [5.74, 6) is -1.02. The minimum absolute atomic E-state index is 0.0495. The highest BCUT2D eigenvalue weighted by atomic mass is 32.2. The number of benzene rings is 1. The molecule has 3 rings (SSSR count). The average molecular weight is 356 g/mol. The summed E-state index contributed by atoms with van der Waals surface area (Å²) in [7, 11) is -2.54. The van der Waals surface area contributed by atoms with E-state index in [9.17, 15) is 22.9 Å². The fourth-order valence-electron chi connectivity index (χ4n) is 3.69. The van der Waals surface area contributed by atoms with E-state index >= 15 is 0 Å². The van der Waals surface area contributed by atoms with Crippen LogP contribution in [0.4, 0.5) is 10.1 Å². The smallest absolute Gasteiger partial charge is 0.270 e. The molecule has 1 saturated carbocycles. The van der Waals surface area contributed by atoms with Crippen molar-refractivity contribution in [2.75, 3.05) is 7.05 Å². The second-order valence-corrected chi connectivity index (χ2v) is 8.51. The van der Waals surface area contributed by atoms with Crippen LogP contribution >= 0.6 is 0 Å². The van der Waals surface area contributed by atoms with Gasteiger partial charge in [-0.3, -0.25) is 10.1 Å². The van der Waals surface area contributed by atoms with Crippen molar-refractivity contribution in [3.63, 3.8) is 0 Å². The molecule has 1 aromatic rings. The van der Waals surface area contributed by atoms with Crippen molar-refractivity contribution in [1.29, 1.82) is 0 Å². The summed E-state index contributed by atoms with van der Waals surface area (Å²) in [6.07, 6.45) is 0.537. The highest BCUT2D eigenvalue weighted by Gasteiger charge is 2.58. The Bertz CT molecular complexity index is 856. The van der Waals surface area contributed by atoms with E-state index in [1.165, 1.54) is 7.05 Å². The molecule has 1 aliphatic heterocycles. The van der Waals surface area contributed by atoms with Crippen LogP contribution in [-0.4, -0.2) is 35.9 Å². The summed E-state index contributed by atoms with van der Waals surface area (Å²) in [6, 6.07) is 3.08. The Hall–Kier alpha value is -2.23. The number of aliphatic imine (C=N–C) groups is 1. The van der Waals surface area contributed by atoms with Crippen molar-refractivity contribution in [2.24, 2.45) is 16.6 Å². The number of non-ortho nitro benzene ring substituents is 1. The minimum Gasteiger partial charge on any atom is -0.369 e. The molecular formula is C14H17FN4O4S. The fourth-order valence-corrected chi connectivity index (χ4v) is 5.71. The lowest BCUT2D eigenvalue weighted by Gasteiger charge is -2.39. The molecule has 8 nitrogen and oxygen atoms in total. The highest BCUT2D eigenvalue weighted by molar-refractivity contribution is 7.90. The Morgan fingerprint density at radius 3 is 2.79 bits per heavy atom. The van der Waals surface area contributed by atoms with Crippen molar-refractivity contribution in [3.05, 3.63) is 39.7 Å². The van der Waals surface area contributed by atoms with Crippen LogP contribution in [-0.2, 0) is 15.6 Å². The maximum absolute atomic E-state index is 14.5. The summed E-state index contributed by atoms with van der Waals surface area (Å²) in [6.45, 7) is 1.84. The molecule has 1 aromatic carbocycles. The van der Waals surface area contributed by atoms with Crippen molar-refractivity contribution in [3.8, 4) is 0 Å². The number of nitrogens with two attached hydrogens (primary N) is 1. The monoisotopic (exact) mass is 356 g/mol. The van der Waals surface area contributed by atoms with Crippen molar-refractivity contribution >= 4 is 21.7 Å². The first kappa shape index (κ1) is 16.6. The molecule has 130 valence electrons. The van der Waals surface area contributed by atoms with Gasteiger partial charge in [-0.15, -0.1) is 0 Å². The van der Waals surface area contributed by atoms with Gasteiger partial charge in [0.05, 0.1) is 4.92 Å². The van der Waals surface area contributed by atoms with E-state index in [-0.39, 0.29) is 36.0 Å². The molecule has 3 atom stereocenters. The van der Waals surface area contributed by atoms with E-state index in [2.05, 4.69) is 4.99 Å². The Kier molecular flexibility index (Phi) is 3.55. The molecule has 1 heterocycles. The van der Waals surface area contributed by atoms with E-state index in [4.69, 9.17) is 5.73 Å². The zero-order valence-corrected chi connectivity index (χ0v) is 14.0. The number of sulfonamides is 1. The molecule has 0 bridgehead atoms. The topological polar surface area (TPSA) is 119 Å². The number of guanidine groups is 1. The lowest BCUT2D eigenvalue weighted by molar-refractivity contribution is -0.385. The number of nitrogens with zero attached hydrogens (tertiary/aromatic N) is 3. The summed E-state index contributed by atoms with van der Waals surface area (Å²) in [5, 5.41) is 10.0. The number of fused-ring (bicyclic) bond motifs is 1. The van der Waals surface area contributed by atoms with E-state index < -0.39 is 31.6 Å². The van der Waals surface area contributed by atoms with E-state index in [1.54, 1.807) is 0 Å².